The van der Waals surface area contributed by atoms with E-state index in [4.69, 9.17) is 27.9 Å². The number of carbonyl (C=O) groups excluding carboxylic acids is 2. The van der Waals surface area contributed by atoms with Gasteiger partial charge < -0.3 is 4.74 Å². The average molecular weight is 391 g/mol. The predicted molar refractivity (Wildman–Crippen MR) is 95.0 cm³/mol. The van der Waals surface area contributed by atoms with Gasteiger partial charge in [-0.3, -0.25) is 4.79 Å². The molecule has 0 unspecified atom stereocenters. The van der Waals surface area contributed by atoms with Crippen molar-refractivity contribution in [3.63, 3.8) is 0 Å². The molecule has 0 aliphatic rings. The first-order chi connectivity index (χ1) is 12.5. The van der Waals surface area contributed by atoms with Gasteiger partial charge in [0.2, 0.25) is 11.6 Å². The van der Waals surface area contributed by atoms with Crippen molar-refractivity contribution in [2.24, 2.45) is 0 Å². The zero-order chi connectivity index (χ0) is 18.5. The van der Waals surface area contributed by atoms with Gasteiger partial charge in [-0.25, -0.2) is 4.79 Å². The van der Waals surface area contributed by atoms with E-state index in [1.54, 1.807) is 0 Å². The Kier molecular flexibility index (Phi) is 5.60. The Labute approximate surface area is 158 Å². The third-order valence-corrected chi connectivity index (χ3v) is 3.90. The molecule has 0 saturated carbocycles. The number of ketones is 1. The normalized spacial score (nSPS) is 10.5. The lowest BCUT2D eigenvalue weighted by Gasteiger charge is -2.05. The Morgan fingerprint density at radius 3 is 2.58 bits per heavy atom. The molecule has 0 spiro atoms. The highest BCUT2D eigenvalue weighted by Crippen LogP contribution is 2.21. The Morgan fingerprint density at radius 1 is 1.08 bits per heavy atom. The zero-order valence-electron chi connectivity index (χ0n) is 13.3. The van der Waals surface area contributed by atoms with E-state index in [9.17, 15) is 9.59 Å². The molecule has 0 radical (unpaired) electrons. The van der Waals surface area contributed by atoms with Gasteiger partial charge in [0.05, 0.1) is 5.02 Å². The molecule has 0 aliphatic carbocycles. The van der Waals surface area contributed by atoms with Crippen molar-refractivity contribution in [2.75, 3.05) is 6.61 Å². The molecule has 26 heavy (non-hydrogen) atoms. The highest BCUT2D eigenvalue weighted by atomic mass is 35.5. The molecule has 0 bridgehead atoms. The van der Waals surface area contributed by atoms with Crippen LogP contribution in [0, 0.1) is 0 Å². The second-order valence-corrected chi connectivity index (χ2v) is 6.06. The first-order valence-electron chi connectivity index (χ1n) is 7.50. The number of ether oxygens (including phenoxy) is 1. The summed E-state index contributed by atoms with van der Waals surface area (Å²) in [6.07, 6.45) is 0. The number of rotatable bonds is 6. The fraction of sp³-hybridized carbons (Fsp3) is 0.118. The van der Waals surface area contributed by atoms with Crippen LogP contribution in [0.2, 0.25) is 10.0 Å². The first-order valence-corrected chi connectivity index (χ1v) is 8.25. The standard InChI is InChI=1S/C17H12Cl2N4O3/c18-12-6-7-13(14(19)8-12)15(24)10-26-16(25)9-23-21-17(20-22-23)11-4-2-1-3-5-11/h1-8H,9-10H2. The van der Waals surface area contributed by atoms with Crippen LogP contribution in [0.1, 0.15) is 10.4 Å². The summed E-state index contributed by atoms with van der Waals surface area (Å²) in [5.74, 6) is -0.709. The third kappa shape index (κ3) is 4.44. The number of tetrazole rings is 1. The van der Waals surface area contributed by atoms with Crippen molar-refractivity contribution in [1.82, 2.24) is 20.2 Å². The topological polar surface area (TPSA) is 87.0 Å². The number of Topliss-reactive ketones (excluding diaryl/α,β-unsaturated/α-hetero) is 1. The second-order valence-electron chi connectivity index (χ2n) is 5.22. The number of carbonyl (C=O) groups is 2. The number of esters is 1. The SMILES string of the molecule is O=C(Cn1nnc(-c2ccccc2)n1)OCC(=O)c1ccc(Cl)cc1Cl. The zero-order valence-corrected chi connectivity index (χ0v) is 14.8. The Hall–Kier alpha value is -2.77. The number of halogens is 2. The number of hydrogen-bond acceptors (Lipinski definition) is 6. The minimum absolute atomic E-state index is 0.198. The quantitative estimate of drug-likeness (QED) is 0.474. The largest absolute Gasteiger partial charge is 0.456 e. The average Bonchev–Trinajstić information content (AvgIpc) is 3.09. The molecular weight excluding hydrogens is 379 g/mol. The fourth-order valence-electron chi connectivity index (χ4n) is 2.11. The van der Waals surface area contributed by atoms with Gasteiger partial charge in [0, 0.05) is 16.1 Å². The summed E-state index contributed by atoms with van der Waals surface area (Å²) in [6.45, 7) is -0.706. The van der Waals surface area contributed by atoms with Gasteiger partial charge in [-0.15, -0.1) is 10.2 Å². The molecule has 0 fully saturated rings. The summed E-state index contributed by atoms with van der Waals surface area (Å²) in [7, 11) is 0. The third-order valence-electron chi connectivity index (χ3n) is 3.35. The molecule has 0 atom stereocenters. The van der Waals surface area contributed by atoms with E-state index >= 15 is 0 Å². The maximum Gasteiger partial charge on any atom is 0.330 e. The second kappa shape index (κ2) is 8.07. The molecule has 9 heteroatoms. The van der Waals surface area contributed by atoms with E-state index in [1.807, 2.05) is 30.3 Å². The summed E-state index contributed by atoms with van der Waals surface area (Å²) in [6, 6.07) is 13.7. The molecule has 132 valence electrons. The van der Waals surface area contributed by atoms with Crippen LogP contribution >= 0.6 is 23.2 Å². The van der Waals surface area contributed by atoms with Crippen molar-refractivity contribution >= 4 is 35.0 Å². The van der Waals surface area contributed by atoms with Gasteiger partial charge in [-0.1, -0.05) is 53.5 Å². The van der Waals surface area contributed by atoms with Crippen molar-refractivity contribution in [3.05, 3.63) is 64.1 Å². The lowest BCUT2D eigenvalue weighted by Crippen LogP contribution is -2.20. The number of nitrogens with zero attached hydrogens (tertiary/aromatic N) is 4. The van der Waals surface area contributed by atoms with Gasteiger partial charge in [0.1, 0.15) is 0 Å². The Morgan fingerprint density at radius 2 is 1.85 bits per heavy atom. The van der Waals surface area contributed by atoms with Crippen LogP contribution in [-0.2, 0) is 16.1 Å². The van der Waals surface area contributed by atoms with E-state index in [-0.39, 0.29) is 17.1 Å². The molecular formula is C17H12Cl2N4O3. The van der Waals surface area contributed by atoms with Crippen molar-refractivity contribution in [2.45, 2.75) is 6.54 Å². The van der Waals surface area contributed by atoms with E-state index in [0.717, 1.165) is 10.4 Å². The Balaban J connectivity index is 1.56. The lowest BCUT2D eigenvalue weighted by atomic mass is 10.1. The highest BCUT2D eigenvalue weighted by Gasteiger charge is 2.15. The summed E-state index contributed by atoms with van der Waals surface area (Å²) in [5, 5.41) is 12.4. The van der Waals surface area contributed by atoms with Gasteiger partial charge in [-0.05, 0) is 23.4 Å². The molecule has 1 aromatic heterocycles. The summed E-state index contributed by atoms with van der Waals surface area (Å²) in [4.78, 5) is 25.0. The minimum atomic E-state index is -0.666. The van der Waals surface area contributed by atoms with Crippen molar-refractivity contribution in [1.29, 1.82) is 0 Å². The van der Waals surface area contributed by atoms with Crippen molar-refractivity contribution in [3.8, 4) is 11.4 Å². The van der Waals surface area contributed by atoms with Gasteiger partial charge in [0.25, 0.3) is 0 Å². The maximum atomic E-state index is 12.1. The van der Waals surface area contributed by atoms with Crippen LogP contribution in [0.4, 0.5) is 0 Å². The number of aromatic nitrogens is 4. The first kappa shape index (κ1) is 18.0. The molecule has 2 aromatic carbocycles. The van der Waals surface area contributed by atoms with E-state index < -0.39 is 18.4 Å². The molecule has 0 aliphatic heterocycles. The minimum Gasteiger partial charge on any atom is -0.456 e. The predicted octanol–water partition coefficient (Wildman–Crippen LogP) is 3.07. The molecule has 0 saturated heterocycles. The van der Waals surface area contributed by atoms with Crippen LogP contribution in [0.5, 0.6) is 0 Å². The van der Waals surface area contributed by atoms with Crippen molar-refractivity contribution < 1.29 is 14.3 Å². The van der Waals surface area contributed by atoms with Crippen LogP contribution in [-0.4, -0.2) is 38.6 Å². The lowest BCUT2D eigenvalue weighted by molar-refractivity contribution is -0.143. The van der Waals surface area contributed by atoms with Gasteiger partial charge >= 0.3 is 5.97 Å². The van der Waals surface area contributed by atoms with Gasteiger partial charge in [-0.2, -0.15) is 4.80 Å². The number of benzene rings is 2. The monoisotopic (exact) mass is 390 g/mol. The maximum absolute atomic E-state index is 12.1. The summed E-state index contributed by atoms with van der Waals surface area (Å²) in [5.41, 5.74) is 1.01. The van der Waals surface area contributed by atoms with Crippen LogP contribution in [0.25, 0.3) is 11.4 Å². The highest BCUT2D eigenvalue weighted by molar-refractivity contribution is 6.36. The summed E-state index contributed by atoms with van der Waals surface area (Å²) < 4.78 is 4.95. The van der Waals surface area contributed by atoms with Gasteiger partial charge in [0.15, 0.2) is 13.2 Å². The number of hydrogen-bond donors (Lipinski definition) is 0. The summed E-state index contributed by atoms with van der Waals surface area (Å²) >= 11 is 11.7. The molecule has 3 aromatic rings. The van der Waals surface area contributed by atoms with Crippen LogP contribution in [0.3, 0.4) is 0 Å². The molecule has 0 amide bonds. The fourth-order valence-corrected chi connectivity index (χ4v) is 2.63. The van der Waals surface area contributed by atoms with E-state index in [2.05, 4.69) is 15.4 Å². The smallest absolute Gasteiger partial charge is 0.330 e. The molecule has 7 nitrogen and oxygen atoms in total. The van der Waals surface area contributed by atoms with E-state index in [1.165, 1.54) is 18.2 Å². The van der Waals surface area contributed by atoms with Crippen LogP contribution in [0.15, 0.2) is 48.5 Å². The molecule has 0 N–H and O–H groups in total. The Bertz CT molecular complexity index is 944. The van der Waals surface area contributed by atoms with E-state index in [0.29, 0.717) is 10.8 Å². The van der Waals surface area contributed by atoms with Crippen LogP contribution < -0.4 is 0 Å². The molecule has 1 heterocycles. The molecule has 3 rings (SSSR count).